The lowest BCUT2D eigenvalue weighted by molar-refractivity contribution is -0.135. The van der Waals surface area contributed by atoms with Gasteiger partial charge in [0.15, 0.2) is 0 Å². The highest BCUT2D eigenvalue weighted by atomic mass is 32.2. The van der Waals surface area contributed by atoms with E-state index >= 15 is 0 Å². The van der Waals surface area contributed by atoms with E-state index in [0.717, 1.165) is 25.0 Å². The van der Waals surface area contributed by atoms with E-state index in [1.807, 2.05) is 11.8 Å². The fraction of sp³-hybridized carbons (Fsp3) is 0.938. The van der Waals surface area contributed by atoms with Crippen molar-refractivity contribution in [1.29, 1.82) is 0 Å². The highest BCUT2D eigenvalue weighted by molar-refractivity contribution is 7.99. The van der Waals surface area contributed by atoms with Gasteiger partial charge in [0.25, 0.3) is 0 Å². The minimum Gasteiger partial charge on any atom is -0.322 e. The molecule has 4 heteroatoms. The topological polar surface area (TPSA) is 32.3 Å². The van der Waals surface area contributed by atoms with Crippen molar-refractivity contribution in [2.45, 2.75) is 76.5 Å². The van der Waals surface area contributed by atoms with Crippen LogP contribution in [0.3, 0.4) is 0 Å². The molecule has 2 saturated heterocycles. The Bertz CT molecular complexity index is 359. The van der Waals surface area contributed by atoms with Gasteiger partial charge >= 0.3 is 0 Å². The summed E-state index contributed by atoms with van der Waals surface area (Å²) in [4.78, 5) is 15.3. The fourth-order valence-electron chi connectivity index (χ4n) is 4.16. The molecule has 0 aromatic heterocycles. The second-order valence-electron chi connectivity index (χ2n) is 7.16. The van der Waals surface area contributed by atoms with E-state index in [9.17, 15) is 4.79 Å². The lowest BCUT2D eigenvalue weighted by Gasteiger charge is -2.35. The Morgan fingerprint density at radius 1 is 1.35 bits per heavy atom. The Morgan fingerprint density at radius 3 is 2.70 bits per heavy atom. The molecule has 20 heavy (non-hydrogen) atoms. The van der Waals surface area contributed by atoms with Crippen molar-refractivity contribution >= 4 is 17.7 Å². The number of carbonyl (C=O) groups is 1. The second kappa shape index (κ2) is 5.88. The maximum atomic E-state index is 13.1. The second-order valence-corrected chi connectivity index (χ2v) is 8.31. The molecule has 0 aromatic rings. The standard InChI is InChI=1S/C16H28N2OS/c1-12(2)10-14-17-16(7-3-4-8-16)15(19)18(14)13-6-5-9-20-11-13/h12-14,17H,3-11H2,1-2H3. The van der Waals surface area contributed by atoms with Crippen LogP contribution in [-0.4, -0.2) is 40.1 Å². The van der Waals surface area contributed by atoms with Gasteiger partial charge in [-0.25, -0.2) is 0 Å². The average molecular weight is 296 g/mol. The molecular formula is C16H28N2OS. The molecule has 3 aliphatic rings. The summed E-state index contributed by atoms with van der Waals surface area (Å²) in [5.74, 6) is 3.47. The zero-order chi connectivity index (χ0) is 14.2. The van der Waals surface area contributed by atoms with Crippen molar-refractivity contribution in [3.05, 3.63) is 0 Å². The third-order valence-corrected chi connectivity index (χ3v) is 6.30. The molecule has 1 N–H and O–H groups in total. The fourth-order valence-corrected chi connectivity index (χ4v) is 5.29. The maximum absolute atomic E-state index is 13.1. The summed E-state index contributed by atoms with van der Waals surface area (Å²) < 4.78 is 0. The number of carbonyl (C=O) groups excluding carboxylic acids is 1. The lowest BCUT2D eigenvalue weighted by Crippen LogP contribution is -2.47. The van der Waals surface area contributed by atoms with Crippen LogP contribution in [0, 0.1) is 5.92 Å². The number of hydrogen-bond donors (Lipinski definition) is 1. The van der Waals surface area contributed by atoms with Gasteiger partial charge in [0.1, 0.15) is 0 Å². The van der Waals surface area contributed by atoms with Gasteiger partial charge in [-0.2, -0.15) is 11.8 Å². The molecule has 114 valence electrons. The minimum absolute atomic E-state index is 0.193. The summed E-state index contributed by atoms with van der Waals surface area (Å²) >= 11 is 2.02. The molecule has 2 atom stereocenters. The van der Waals surface area contributed by atoms with Crippen molar-refractivity contribution in [3.8, 4) is 0 Å². The number of rotatable bonds is 3. The highest BCUT2D eigenvalue weighted by Crippen LogP contribution is 2.40. The molecule has 1 aliphatic carbocycles. The number of nitrogens with zero attached hydrogens (tertiary/aromatic N) is 1. The molecule has 2 aliphatic heterocycles. The molecule has 1 saturated carbocycles. The molecule has 0 bridgehead atoms. The van der Waals surface area contributed by atoms with Gasteiger partial charge in [0.2, 0.25) is 5.91 Å². The van der Waals surface area contributed by atoms with Gasteiger partial charge in [-0.05, 0) is 43.8 Å². The largest absolute Gasteiger partial charge is 0.322 e. The van der Waals surface area contributed by atoms with E-state index in [1.54, 1.807) is 0 Å². The summed E-state index contributed by atoms with van der Waals surface area (Å²) in [6.07, 6.45) is 8.36. The predicted molar refractivity (Wildman–Crippen MR) is 84.8 cm³/mol. The van der Waals surface area contributed by atoms with Crippen LogP contribution in [0.4, 0.5) is 0 Å². The first-order valence-corrected chi connectivity index (χ1v) is 9.46. The van der Waals surface area contributed by atoms with Crippen LogP contribution in [0.2, 0.25) is 0 Å². The zero-order valence-electron chi connectivity index (χ0n) is 12.9. The van der Waals surface area contributed by atoms with E-state index in [1.165, 1.54) is 31.4 Å². The summed E-state index contributed by atoms with van der Waals surface area (Å²) in [6.45, 7) is 4.53. The van der Waals surface area contributed by atoms with Crippen molar-refractivity contribution in [2.75, 3.05) is 11.5 Å². The van der Waals surface area contributed by atoms with E-state index in [-0.39, 0.29) is 11.7 Å². The van der Waals surface area contributed by atoms with Crippen LogP contribution >= 0.6 is 11.8 Å². The first-order chi connectivity index (χ1) is 9.62. The van der Waals surface area contributed by atoms with Gasteiger partial charge in [-0.3, -0.25) is 10.1 Å². The van der Waals surface area contributed by atoms with Crippen LogP contribution in [0.15, 0.2) is 0 Å². The Balaban J connectivity index is 1.80. The molecule has 0 radical (unpaired) electrons. The summed E-state index contributed by atoms with van der Waals surface area (Å²) in [5, 5.41) is 3.76. The van der Waals surface area contributed by atoms with Crippen molar-refractivity contribution in [2.24, 2.45) is 5.92 Å². The first-order valence-electron chi connectivity index (χ1n) is 8.30. The molecule has 3 fully saturated rings. The summed E-state index contributed by atoms with van der Waals surface area (Å²) in [6, 6.07) is 0.470. The molecule has 2 heterocycles. The van der Waals surface area contributed by atoms with Crippen molar-refractivity contribution < 1.29 is 4.79 Å². The van der Waals surface area contributed by atoms with Gasteiger partial charge in [-0.1, -0.05) is 26.7 Å². The Labute approximate surface area is 127 Å². The highest BCUT2D eigenvalue weighted by Gasteiger charge is 2.53. The number of amides is 1. The lowest BCUT2D eigenvalue weighted by atomic mass is 9.97. The van der Waals surface area contributed by atoms with Crippen LogP contribution in [0.1, 0.15) is 58.8 Å². The van der Waals surface area contributed by atoms with Crippen LogP contribution in [-0.2, 0) is 4.79 Å². The van der Waals surface area contributed by atoms with Gasteiger partial charge < -0.3 is 4.90 Å². The van der Waals surface area contributed by atoms with Crippen molar-refractivity contribution in [1.82, 2.24) is 10.2 Å². The number of thioether (sulfide) groups is 1. The molecule has 1 spiro atoms. The van der Waals surface area contributed by atoms with Crippen LogP contribution < -0.4 is 5.32 Å². The van der Waals surface area contributed by atoms with E-state index in [4.69, 9.17) is 0 Å². The Hall–Kier alpha value is -0.220. The van der Waals surface area contributed by atoms with Crippen LogP contribution in [0.25, 0.3) is 0 Å². The molecule has 1 amide bonds. The average Bonchev–Trinajstić information content (AvgIpc) is 2.98. The van der Waals surface area contributed by atoms with Gasteiger partial charge in [-0.15, -0.1) is 0 Å². The molecular weight excluding hydrogens is 268 g/mol. The normalized spacial score (nSPS) is 33.5. The summed E-state index contributed by atoms with van der Waals surface area (Å²) in [7, 11) is 0. The smallest absolute Gasteiger partial charge is 0.244 e. The zero-order valence-corrected chi connectivity index (χ0v) is 13.7. The molecule has 0 aromatic carbocycles. The van der Waals surface area contributed by atoms with Gasteiger partial charge in [0, 0.05) is 11.8 Å². The van der Waals surface area contributed by atoms with E-state index in [0.29, 0.717) is 17.9 Å². The molecule has 2 unspecified atom stereocenters. The van der Waals surface area contributed by atoms with E-state index in [2.05, 4.69) is 24.1 Å². The SMILES string of the molecule is CC(C)CC1NC2(CCCC2)C(=O)N1C1CCCSC1. The van der Waals surface area contributed by atoms with E-state index < -0.39 is 0 Å². The monoisotopic (exact) mass is 296 g/mol. The van der Waals surface area contributed by atoms with Gasteiger partial charge in [0.05, 0.1) is 11.7 Å². The minimum atomic E-state index is -0.193. The first kappa shape index (κ1) is 14.7. The third kappa shape index (κ3) is 2.61. The molecule has 3 nitrogen and oxygen atoms in total. The quantitative estimate of drug-likeness (QED) is 0.869. The Kier molecular flexibility index (Phi) is 4.32. The number of nitrogens with one attached hydrogen (secondary N) is 1. The molecule has 3 rings (SSSR count). The van der Waals surface area contributed by atoms with Crippen molar-refractivity contribution in [3.63, 3.8) is 0 Å². The predicted octanol–water partition coefficient (Wildman–Crippen LogP) is 3.00. The third-order valence-electron chi connectivity index (χ3n) is 5.10. The maximum Gasteiger partial charge on any atom is 0.244 e. The number of hydrogen-bond acceptors (Lipinski definition) is 3. The summed E-state index contributed by atoms with van der Waals surface area (Å²) in [5.41, 5.74) is -0.193. The Morgan fingerprint density at radius 2 is 2.10 bits per heavy atom. The van der Waals surface area contributed by atoms with Crippen LogP contribution in [0.5, 0.6) is 0 Å².